The van der Waals surface area contributed by atoms with Crippen molar-refractivity contribution in [2.45, 2.75) is 63.3 Å². The summed E-state index contributed by atoms with van der Waals surface area (Å²) < 4.78 is 30.1. The molecule has 12 heteroatoms. The first-order valence-electron chi connectivity index (χ1n) is 14.5. The van der Waals surface area contributed by atoms with Gasteiger partial charge in [0.15, 0.2) is 5.13 Å². The van der Waals surface area contributed by atoms with Crippen LogP contribution in [0.1, 0.15) is 60.2 Å². The fourth-order valence-electron chi connectivity index (χ4n) is 6.15. The summed E-state index contributed by atoms with van der Waals surface area (Å²) in [4.78, 5) is 19.8. The number of hydrogen-bond donors (Lipinski definition) is 0. The lowest BCUT2D eigenvalue weighted by molar-refractivity contribution is -0.0394. The number of rotatable bonds is 9. The molecule has 3 fully saturated rings. The number of anilines is 1. The quantitative estimate of drug-likeness (QED) is 0.174. The average molecular weight is 645 g/mol. The number of carbonyl (C=O) groups is 1. The number of morpholine rings is 1. The number of methoxy groups -OCH3 is 1. The zero-order chi connectivity index (χ0) is 29.7. The lowest BCUT2D eigenvalue weighted by Gasteiger charge is -2.48. The summed E-state index contributed by atoms with van der Waals surface area (Å²) in [6.07, 6.45) is 3.73. The van der Waals surface area contributed by atoms with E-state index in [4.69, 9.17) is 51.7 Å². The Morgan fingerprint density at radius 1 is 1.14 bits per heavy atom. The van der Waals surface area contributed by atoms with Gasteiger partial charge in [-0.1, -0.05) is 45.8 Å². The monoisotopic (exact) mass is 643 g/mol. The summed E-state index contributed by atoms with van der Waals surface area (Å²) in [7, 11) is 1.59. The van der Waals surface area contributed by atoms with Gasteiger partial charge >= 0.3 is 5.97 Å². The molecule has 0 amide bonds. The molecule has 9 nitrogen and oxygen atoms in total. The smallest absolute Gasteiger partial charge is 0.338 e. The Labute approximate surface area is 262 Å². The maximum Gasteiger partial charge on any atom is 0.338 e. The molecule has 3 aliphatic rings. The van der Waals surface area contributed by atoms with Crippen molar-refractivity contribution in [3.63, 3.8) is 0 Å². The molecule has 2 aliphatic heterocycles. The molecular formula is C31H31Cl2N3O6S. The molecule has 2 aromatic carbocycles. The van der Waals surface area contributed by atoms with Crippen molar-refractivity contribution in [1.29, 1.82) is 0 Å². The van der Waals surface area contributed by atoms with Crippen molar-refractivity contribution in [2.75, 3.05) is 31.8 Å². The van der Waals surface area contributed by atoms with Crippen LogP contribution < -0.4 is 9.64 Å². The molecule has 43 heavy (non-hydrogen) atoms. The molecule has 7 rings (SSSR count). The van der Waals surface area contributed by atoms with Gasteiger partial charge in [0.1, 0.15) is 22.7 Å². The molecule has 1 aliphatic carbocycles. The van der Waals surface area contributed by atoms with Crippen molar-refractivity contribution in [3.8, 4) is 17.0 Å². The topological polar surface area (TPSA) is 96.2 Å². The van der Waals surface area contributed by atoms with Crippen LogP contribution in [0.5, 0.6) is 5.75 Å². The van der Waals surface area contributed by atoms with Crippen LogP contribution in [-0.2, 0) is 20.8 Å². The lowest BCUT2D eigenvalue weighted by atomic mass is 9.92. The number of fused-ring (bicyclic) bond motifs is 3. The van der Waals surface area contributed by atoms with E-state index in [0.29, 0.717) is 65.0 Å². The highest BCUT2D eigenvalue weighted by molar-refractivity contribution is 7.22. The Morgan fingerprint density at radius 3 is 2.56 bits per heavy atom. The van der Waals surface area contributed by atoms with E-state index in [2.05, 4.69) is 10.1 Å². The number of nitrogens with zero attached hydrogens (tertiary/aromatic N) is 3. The highest BCUT2D eigenvalue weighted by Gasteiger charge is 2.42. The summed E-state index contributed by atoms with van der Waals surface area (Å²) in [5, 5.41) is 6.36. The Hall–Kier alpha value is -2.89. The first-order chi connectivity index (χ1) is 20.9. The van der Waals surface area contributed by atoms with Crippen molar-refractivity contribution >= 4 is 55.9 Å². The summed E-state index contributed by atoms with van der Waals surface area (Å²) in [5.74, 6) is 1.41. The minimum atomic E-state index is -0.376. The second-order valence-electron chi connectivity index (χ2n) is 11.1. The van der Waals surface area contributed by atoms with Gasteiger partial charge < -0.3 is 28.4 Å². The molecule has 226 valence electrons. The number of hydrogen-bond acceptors (Lipinski definition) is 10. The Balaban J connectivity index is 1.12. The highest BCUT2D eigenvalue weighted by Crippen LogP contribution is 2.47. The summed E-state index contributed by atoms with van der Waals surface area (Å²) in [6.45, 7) is 3.63. The van der Waals surface area contributed by atoms with Crippen molar-refractivity contribution < 1.29 is 28.3 Å². The van der Waals surface area contributed by atoms with Crippen LogP contribution in [0.2, 0.25) is 10.0 Å². The Kier molecular flexibility index (Phi) is 7.98. The molecule has 2 saturated heterocycles. The zero-order valence-electron chi connectivity index (χ0n) is 23.8. The van der Waals surface area contributed by atoms with Gasteiger partial charge in [0.25, 0.3) is 0 Å². The molecule has 2 bridgehead atoms. The fourth-order valence-corrected chi connectivity index (χ4v) is 7.89. The van der Waals surface area contributed by atoms with E-state index in [9.17, 15) is 4.79 Å². The lowest BCUT2D eigenvalue weighted by Crippen LogP contribution is -2.58. The molecule has 4 heterocycles. The normalized spacial score (nSPS) is 21.8. The fraction of sp³-hybridized carbons (Fsp3) is 0.452. The predicted molar refractivity (Wildman–Crippen MR) is 165 cm³/mol. The first kappa shape index (κ1) is 28.9. The third kappa shape index (κ3) is 5.48. The average Bonchev–Trinajstić information content (AvgIpc) is 3.61. The van der Waals surface area contributed by atoms with Gasteiger partial charge in [-0.3, -0.25) is 0 Å². The van der Waals surface area contributed by atoms with E-state index in [1.807, 2.05) is 24.3 Å². The number of aromatic nitrogens is 2. The molecule has 2 unspecified atom stereocenters. The number of halogens is 2. The van der Waals surface area contributed by atoms with Gasteiger partial charge in [0, 0.05) is 17.0 Å². The molecule has 0 radical (unpaired) electrons. The van der Waals surface area contributed by atoms with Crippen LogP contribution in [0.25, 0.3) is 21.5 Å². The first-order valence-corrected chi connectivity index (χ1v) is 16.1. The minimum absolute atomic E-state index is 0.0194. The van der Waals surface area contributed by atoms with E-state index in [1.54, 1.807) is 31.4 Å². The predicted octanol–water partition coefficient (Wildman–Crippen LogP) is 7.27. The second kappa shape index (κ2) is 11.9. The molecule has 0 spiro atoms. The highest BCUT2D eigenvalue weighted by atomic mass is 35.5. The van der Waals surface area contributed by atoms with Crippen LogP contribution in [0.15, 0.2) is 34.9 Å². The maximum absolute atomic E-state index is 12.4. The second-order valence-corrected chi connectivity index (χ2v) is 13.0. The number of benzene rings is 2. The summed E-state index contributed by atoms with van der Waals surface area (Å²) >= 11 is 14.7. The van der Waals surface area contributed by atoms with Gasteiger partial charge in [-0.2, -0.15) is 0 Å². The number of thiazole rings is 1. The zero-order valence-corrected chi connectivity index (χ0v) is 26.1. The van der Waals surface area contributed by atoms with Crippen LogP contribution in [-0.4, -0.2) is 61.2 Å². The van der Waals surface area contributed by atoms with Crippen molar-refractivity contribution in [2.24, 2.45) is 0 Å². The van der Waals surface area contributed by atoms with Crippen LogP contribution in [0.3, 0.4) is 0 Å². The molecule has 2 atom stereocenters. The van der Waals surface area contributed by atoms with E-state index in [-0.39, 0.29) is 24.2 Å². The summed E-state index contributed by atoms with van der Waals surface area (Å²) in [5.41, 5.74) is 3.45. The molecule has 2 aromatic heterocycles. The van der Waals surface area contributed by atoms with E-state index in [0.717, 1.165) is 52.4 Å². The molecule has 4 aromatic rings. The molecule has 0 N–H and O–H groups in total. The van der Waals surface area contributed by atoms with Gasteiger partial charge in [-0.25, -0.2) is 9.78 Å². The number of esters is 1. The Bertz CT molecular complexity index is 1640. The van der Waals surface area contributed by atoms with Crippen LogP contribution in [0, 0.1) is 0 Å². The van der Waals surface area contributed by atoms with Gasteiger partial charge in [0.05, 0.1) is 72.0 Å². The van der Waals surface area contributed by atoms with Crippen LogP contribution in [0.4, 0.5) is 5.13 Å². The van der Waals surface area contributed by atoms with Crippen molar-refractivity contribution in [3.05, 3.63) is 57.3 Å². The van der Waals surface area contributed by atoms with Crippen molar-refractivity contribution in [1.82, 2.24) is 10.1 Å². The largest absolute Gasteiger partial charge is 0.494 e. The van der Waals surface area contributed by atoms with Crippen LogP contribution >= 0.6 is 34.5 Å². The third-order valence-corrected chi connectivity index (χ3v) is 9.95. The molecule has 1 saturated carbocycles. The van der Waals surface area contributed by atoms with E-state index >= 15 is 0 Å². The van der Waals surface area contributed by atoms with E-state index in [1.165, 1.54) is 0 Å². The third-order valence-electron chi connectivity index (χ3n) is 8.31. The number of piperidine rings is 1. The number of ether oxygens (including phenoxy) is 4. The minimum Gasteiger partial charge on any atom is -0.494 e. The van der Waals surface area contributed by atoms with E-state index < -0.39 is 0 Å². The number of carbonyl (C=O) groups excluding carboxylic acids is 1. The van der Waals surface area contributed by atoms with Gasteiger partial charge in [-0.05, 0) is 56.9 Å². The Morgan fingerprint density at radius 2 is 1.88 bits per heavy atom. The maximum atomic E-state index is 12.4. The summed E-state index contributed by atoms with van der Waals surface area (Å²) in [6, 6.07) is 9.15. The molecular weight excluding hydrogens is 613 g/mol. The standard InChI is InChI=1S/C31H31Cl2N3O6S/c1-3-40-30(37)17-9-24(38-2)28-25(10-17)43-31(34-28)36-18-11-20(12-19(36)14-39-13-18)41-15-21-27(35-42-29(21)16-7-8-16)26-22(32)5-4-6-23(26)33/h4-6,9-10,16,18-20H,3,7-8,11-15H2,1-2H3. The van der Waals surface area contributed by atoms with Gasteiger partial charge in [-0.15, -0.1) is 0 Å². The SMILES string of the molecule is CCOC(=O)c1cc(OC)c2nc(N3C4COCC3CC(OCc3c(-c5c(Cl)cccc5Cl)noc3C3CC3)C4)sc2c1. The van der Waals surface area contributed by atoms with Gasteiger partial charge in [0.2, 0.25) is 0 Å².